The molecule has 4 aromatic rings. The predicted molar refractivity (Wildman–Crippen MR) is 99.0 cm³/mol. The van der Waals surface area contributed by atoms with E-state index in [4.69, 9.17) is 4.42 Å². The fraction of sp³-hybridized carbons (Fsp3) is 0.0588. The Bertz CT molecular complexity index is 1060. The molecule has 0 fully saturated rings. The van der Waals surface area contributed by atoms with Crippen LogP contribution in [-0.2, 0) is 11.0 Å². The van der Waals surface area contributed by atoms with Crippen LogP contribution >= 0.6 is 0 Å². The van der Waals surface area contributed by atoms with E-state index in [-0.39, 0.29) is 0 Å². The predicted octanol–water partition coefficient (Wildman–Crippen LogP) is 3.67. The zero-order valence-corrected chi connectivity index (χ0v) is 14.1. The van der Waals surface area contributed by atoms with Crippen LogP contribution in [0.4, 0.5) is 17.4 Å². The highest BCUT2D eigenvalue weighted by molar-refractivity contribution is 7.85. The summed E-state index contributed by atoms with van der Waals surface area (Å²) in [6.45, 7) is 0. The number of hydrogen-bond donors (Lipinski definition) is 3. The van der Waals surface area contributed by atoms with Gasteiger partial charge in [0.2, 0.25) is 0 Å². The van der Waals surface area contributed by atoms with Gasteiger partial charge in [-0.25, -0.2) is 9.19 Å². The lowest BCUT2D eigenvalue weighted by Crippen LogP contribution is -2.01. The maximum Gasteiger partial charge on any atom is 0.299 e. The van der Waals surface area contributed by atoms with Crippen LogP contribution in [0.25, 0.3) is 22.2 Å². The van der Waals surface area contributed by atoms with E-state index in [9.17, 15) is 4.21 Å². The van der Waals surface area contributed by atoms with Crippen molar-refractivity contribution in [1.82, 2.24) is 15.2 Å². The highest BCUT2D eigenvalue weighted by Crippen LogP contribution is 2.27. The number of nitrogens with one attached hydrogen (secondary N) is 3. The van der Waals surface area contributed by atoms with Gasteiger partial charge in [0.1, 0.15) is 11.0 Å². The molecule has 2 aromatic heterocycles. The van der Waals surface area contributed by atoms with Gasteiger partial charge in [0.15, 0.2) is 5.76 Å². The van der Waals surface area contributed by atoms with E-state index in [0.717, 1.165) is 27.8 Å². The van der Waals surface area contributed by atoms with E-state index < -0.39 is 11.0 Å². The summed E-state index contributed by atoms with van der Waals surface area (Å²) in [6.07, 6.45) is 5.02. The molecular weight excluding hydrogens is 338 g/mol. The Morgan fingerprint density at radius 2 is 2.00 bits per heavy atom. The zero-order valence-electron chi connectivity index (χ0n) is 13.3. The summed E-state index contributed by atoms with van der Waals surface area (Å²) in [4.78, 5) is 4.26. The number of anilines is 3. The van der Waals surface area contributed by atoms with Gasteiger partial charge in [-0.15, -0.1) is 0 Å². The lowest BCUT2D eigenvalue weighted by Gasteiger charge is -2.06. The van der Waals surface area contributed by atoms with Gasteiger partial charge in [-0.3, -0.25) is 5.10 Å². The van der Waals surface area contributed by atoms with Gasteiger partial charge < -0.3 is 14.5 Å². The summed E-state index contributed by atoms with van der Waals surface area (Å²) in [6, 6.07) is 13.7. The summed E-state index contributed by atoms with van der Waals surface area (Å²) in [5, 5.41) is 11.0. The molecule has 2 aromatic carbocycles. The second-order valence-electron chi connectivity index (χ2n) is 5.46. The first kappa shape index (κ1) is 15.4. The zero-order chi connectivity index (χ0) is 17.2. The highest BCUT2D eigenvalue weighted by Gasteiger charge is 2.08. The van der Waals surface area contributed by atoms with E-state index in [1.54, 1.807) is 18.6 Å². The van der Waals surface area contributed by atoms with E-state index in [1.165, 1.54) is 0 Å². The largest absolute Gasteiger partial charge is 0.423 e. The van der Waals surface area contributed by atoms with Crippen LogP contribution in [0.2, 0.25) is 0 Å². The van der Waals surface area contributed by atoms with E-state index in [0.29, 0.717) is 11.8 Å². The maximum absolute atomic E-state index is 11.3. The second-order valence-corrected chi connectivity index (χ2v) is 6.58. The highest BCUT2D eigenvalue weighted by atomic mass is 32.2. The van der Waals surface area contributed by atoms with Crippen molar-refractivity contribution in [2.75, 3.05) is 16.3 Å². The van der Waals surface area contributed by atoms with Crippen LogP contribution < -0.4 is 10.0 Å². The lowest BCUT2D eigenvalue weighted by atomic mass is 10.1. The molecule has 126 valence electrons. The molecule has 1 unspecified atom stereocenters. The molecular formula is C17H15N5O2S. The molecule has 0 bridgehead atoms. The van der Waals surface area contributed by atoms with Gasteiger partial charge in [0, 0.05) is 28.6 Å². The molecule has 0 aliphatic carbocycles. The summed E-state index contributed by atoms with van der Waals surface area (Å²) in [7, 11) is -1.12. The van der Waals surface area contributed by atoms with Gasteiger partial charge >= 0.3 is 0 Å². The Hall–Kier alpha value is -3.13. The number of oxazole rings is 1. The van der Waals surface area contributed by atoms with Crippen LogP contribution in [0, 0.1) is 0 Å². The summed E-state index contributed by atoms with van der Waals surface area (Å²) >= 11 is 0. The molecule has 0 aliphatic heterocycles. The number of benzene rings is 2. The molecule has 4 rings (SSSR count). The Kier molecular flexibility index (Phi) is 3.95. The fourth-order valence-corrected chi connectivity index (χ4v) is 2.97. The molecule has 8 heteroatoms. The molecule has 0 radical (unpaired) electrons. The van der Waals surface area contributed by atoms with Crippen LogP contribution in [0.15, 0.2) is 59.3 Å². The molecule has 0 amide bonds. The first-order chi connectivity index (χ1) is 12.2. The monoisotopic (exact) mass is 353 g/mol. The molecule has 3 N–H and O–H groups in total. The third-order valence-electron chi connectivity index (χ3n) is 3.61. The van der Waals surface area contributed by atoms with E-state index in [2.05, 4.69) is 25.2 Å². The van der Waals surface area contributed by atoms with Crippen molar-refractivity contribution in [1.29, 1.82) is 0 Å². The summed E-state index contributed by atoms with van der Waals surface area (Å²) < 4.78 is 19.9. The molecule has 1 atom stereocenters. The van der Waals surface area contributed by atoms with Crippen LogP contribution in [0.5, 0.6) is 0 Å². The first-order valence-corrected chi connectivity index (χ1v) is 9.10. The van der Waals surface area contributed by atoms with Gasteiger partial charge in [-0.2, -0.15) is 5.10 Å². The summed E-state index contributed by atoms with van der Waals surface area (Å²) in [5.74, 6) is 0.662. The number of fused-ring (bicyclic) bond motifs is 1. The Balaban J connectivity index is 1.56. The van der Waals surface area contributed by atoms with Crippen LogP contribution in [0.1, 0.15) is 0 Å². The minimum absolute atomic E-state index is 0.386. The van der Waals surface area contributed by atoms with Gasteiger partial charge in [0.05, 0.1) is 17.9 Å². The number of aromatic amines is 1. The average molecular weight is 353 g/mol. The van der Waals surface area contributed by atoms with Crippen molar-refractivity contribution in [3.63, 3.8) is 0 Å². The first-order valence-electron chi connectivity index (χ1n) is 7.54. The number of nitrogens with zero attached hydrogens (tertiary/aromatic N) is 2. The third kappa shape index (κ3) is 3.38. The number of aromatic nitrogens is 3. The van der Waals surface area contributed by atoms with E-state index in [1.807, 2.05) is 42.5 Å². The summed E-state index contributed by atoms with van der Waals surface area (Å²) in [5.41, 5.74) is 3.43. The second kappa shape index (κ2) is 6.40. The number of H-pyrrole nitrogens is 1. The Morgan fingerprint density at radius 3 is 2.88 bits per heavy atom. The average Bonchev–Trinajstić information content (AvgIpc) is 3.22. The smallest absolute Gasteiger partial charge is 0.299 e. The molecule has 0 aliphatic rings. The quantitative estimate of drug-likeness (QED) is 0.509. The number of rotatable bonds is 5. The topological polar surface area (TPSA) is 95.8 Å². The molecule has 0 spiro atoms. The van der Waals surface area contributed by atoms with Crippen LogP contribution in [-0.4, -0.2) is 25.6 Å². The molecule has 2 heterocycles. The fourth-order valence-electron chi connectivity index (χ4n) is 2.51. The Morgan fingerprint density at radius 1 is 1.12 bits per heavy atom. The molecule has 0 saturated heterocycles. The minimum Gasteiger partial charge on any atom is -0.423 e. The molecule has 0 saturated carbocycles. The minimum atomic E-state index is -1.12. The van der Waals surface area contributed by atoms with E-state index >= 15 is 0 Å². The van der Waals surface area contributed by atoms with Crippen molar-refractivity contribution in [2.45, 2.75) is 0 Å². The normalized spacial score (nSPS) is 12.2. The van der Waals surface area contributed by atoms with Crippen molar-refractivity contribution in [2.24, 2.45) is 0 Å². The maximum atomic E-state index is 11.3. The van der Waals surface area contributed by atoms with Crippen LogP contribution in [0.3, 0.4) is 0 Å². The Labute approximate surface area is 146 Å². The van der Waals surface area contributed by atoms with Crippen molar-refractivity contribution >= 4 is 39.3 Å². The standard InChI is InChI=1S/C17H15N5O2S/c1-25(23)22-14-4-2-3-13(8-14)20-17-18-10-16(24-17)11-5-6-15-12(7-11)9-19-21-15/h2-10,22H,1H3,(H,18,20)(H,19,21). The molecule has 7 nitrogen and oxygen atoms in total. The van der Waals surface area contributed by atoms with Crippen molar-refractivity contribution < 1.29 is 8.63 Å². The van der Waals surface area contributed by atoms with Gasteiger partial charge in [-0.05, 0) is 36.4 Å². The lowest BCUT2D eigenvalue weighted by molar-refractivity contribution is 0.592. The third-order valence-corrected chi connectivity index (χ3v) is 4.13. The van der Waals surface area contributed by atoms with Crippen molar-refractivity contribution in [3.05, 3.63) is 54.9 Å². The van der Waals surface area contributed by atoms with Crippen molar-refractivity contribution in [3.8, 4) is 11.3 Å². The van der Waals surface area contributed by atoms with Gasteiger partial charge in [-0.1, -0.05) is 6.07 Å². The molecule has 25 heavy (non-hydrogen) atoms. The van der Waals surface area contributed by atoms with Gasteiger partial charge in [0.25, 0.3) is 6.01 Å². The number of hydrogen-bond acceptors (Lipinski definition) is 5. The SMILES string of the molecule is CS(=O)Nc1cccc(Nc2ncc(-c3ccc4[nH]ncc4c3)o2)c1.